The van der Waals surface area contributed by atoms with E-state index in [1.165, 1.54) is 6.07 Å². The van der Waals surface area contributed by atoms with Gasteiger partial charge in [0.15, 0.2) is 0 Å². The molecule has 2 aromatic rings. The third kappa shape index (κ3) is 2.47. The van der Waals surface area contributed by atoms with Crippen molar-refractivity contribution in [3.05, 3.63) is 51.9 Å². The van der Waals surface area contributed by atoms with Crippen molar-refractivity contribution >= 4 is 0 Å². The molecule has 0 bridgehead atoms. The van der Waals surface area contributed by atoms with E-state index in [1.54, 1.807) is 17.7 Å². The van der Waals surface area contributed by atoms with E-state index in [-0.39, 0.29) is 11.1 Å². The second-order valence-corrected chi connectivity index (χ2v) is 3.92. The minimum absolute atomic E-state index is 0.128. The zero-order valence-electron chi connectivity index (χ0n) is 10.8. The summed E-state index contributed by atoms with van der Waals surface area (Å²) in [6.07, 6.45) is 0. The molecule has 96 valence electrons. The quantitative estimate of drug-likeness (QED) is 0.838. The van der Waals surface area contributed by atoms with Crippen LogP contribution in [0.3, 0.4) is 0 Å². The van der Waals surface area contributed by atoms with Gasteiger partial charge >= 0.3 is 0 Å². The summed E-state index contributed by atoms with van der Waals surface area (Å²) in [5.41, 5.74) is 0.858. The number of nitriles is 1. The first kappa shape index (κ1) is 12.8. The average molecular weight is 255 g/mol. The standard InChI is InChI=1S/C14H13N3O2/c1-3-19-14-7-5-4-6-12(14)17-10(2)8-13(18)11(9-15)16-17/h4-8H,3H2,1-2H3. The maximum atomic E-state index is 11.5. The number of para-hydroxylation sites is 2. The molecule has 5 nitrogen and oxygen atoms in total. The molecule has 1 aromatic carbocycles. The lowest BCUT2D eigenvalue weighted by Crippen LogP contribution is -2.17. The first-order chi connectivity index (χ1) is 9.17. The molecule has 0 radical (unpaired) electrons. The molecule has 0 aliphatic heterocycles. The fourth-order valence-corrected chi connectivity index (χ4v) is 1.78. The Kier molecular flexibility index (Phi) is 3.62. The summed E-state index contributed by atoms with van der Waals surface area (Å²) >= 11 is 0. The Morgan fingerprint density at radius 1 is 1.42 bits per heavy atom. The van der Waals surface area contributed by atoms with E-state index in [0.717, 1.165) is 0 Å². The molecular weight excluding hydrogens is 242 g/mol. The second-order valence-electron chi connectivity index (χ2n) is 3.92. The van der Waals surface area contributed by atoms with E-state index in [2.05, 4.69) is 5.10 Å². The molecule has 0 atom stereocenters. The van der Waals surface area contributed by atoms with Crippen molar-refractivity contribution in [2.45, 2.75) is 13.8 Å². The second kappa shape index (κ2) is 5.36. The largest absolute Gasteiger partial charge is 0.492 e. The smallest absolute Gasteiger partial charge is 0.218 e. The summed E-state index contributed by atoms with van der Waals surface area (Å²) in [5.74, 6) is 0.660. The molecule has 0 spiro atoms. The molecule has 0 aliphatic carbocycles. The van der Waals surface area contributed by atoms with E-state index < -0.39 is 0 Å². The average Bonchev–Trinajstić information content (AvgIpc) is 2.40. The highest BCUT2D eigenvalue weighted by molar-refractivity contribution is 5.47. The molecule has 0 saturated carbocycles. The summed E-state index contributed by atoms with van der Waals surface area (Å²) < 4.78 is 7.07. The number of aryl methyl sites for hydroxylation is 1. The SMILES string of the molecule is CCOc1ccccc1-n1nc(C#N)c(=O)cc1C. The van der Waals surface area contributed by atoms with Crippen LogP contribution >= 0.6 is 0 Å². The fourth-order valence-electron chi connectivity index (χ4n) is 1.78. The van der Waals surface area contributed by atoms with Gasteiger partial charge in [0.1, 0.15) is 17.5 Å². The lowest BCUT2D eigenvalue weighted by molar-refractivity contribution is 0.338. The maximum Gasteiger partial charge on any atom is 0.218 e. The predicted molar refractivity (Wildman–Crippen MR) is 70.5 cm³/mol. The van der Waals surface area contributed by atoms with Gasteiger partial charge in [0, 0.05) is 11.8 Å². The Hall–Kier alpha value is -2.61. The van der Waals surface area contributed by atoms with E-state index in [0.29, 0.717) is 23.7 Å². The van der Waals surface area contributed by atoms with Crippen LogP contribution in [0.15, 0.2) is 35.1 Å². The number of ether oxygens (including phenoxy) is 1. The van der Waals surface area contributed by atoms with Crippen LogP contribution in [0.1, 0.15) is 18.3 Å². The minimum Gasteiger partial charge on any atom is -0.492 e. The highest BCUT2D eigenvalue weighted by atomic mass is 16.5. The van der Waals surface area contributed by atoms with E-state index in [1.807, 2.05) is 31.2 Å². The molecule has 0 aliphatic rings. The summed E-state index contributed by atoms with van der Waals surface area (Å²) in [5, 5.41) is 13.0. The predicted octanol–water partition coefficient (Wildman–Crippen LogP) is 1.81. The van der Waals surface area contributed by atoms with Crippen molar-refractivity contribution in [1.82, 2.24) is 9.78 Å². The van der Waals surface area contributed by atoms with Crippen LogP contribution < -0.4 is 10.2 Å². The maximum absolute atomic E-state index is 11.5. The van der Waals surface area contributed by atoms with Gasteiger partial charge in [-0.25, -0.2) is 4.68 Å². The van der Waals surface area contributed by atoms with E-state index in [9.17, 15) is 4.79 Å². The molecule has 0 saturated heterocycles. The van der Waals surface area contributed by atoms with Crippen molar-refractivity contribution in [1.29, 1.82) is 5.26 Å². The normalized spacial score (nSPS) is 9.95. The Morgan fingerprint density at radius 3 is 2.84 bits per heavy atom. The zero-order chi connectivity index (χ0) is 13.8. The molecule has 5 heteroatoms. The molecule has 2 rings (SSSR count). The number of benzene rings is 1. The van der Waals surface area contributed by atoms with Gasteiger partial charge in [-0.15, -0.1) is 0 Å². The highest BCUT2D eigenvalue weighted by Gasteiger charge is 2.10. The molecule has 19 heavy (non-hydrogen) atoms. The fraction of sp³-hybridized carbons (Fsp3) is 0.214. The number of rotatable bonds is 3. The molecule has 0 unspecified atom stereocenters. The summed E-state index contributed by atoms with van der Waals surface area (Å²) in [6, 6.07) is 10.6. The molecular formula is C14H13N3O2. The van der Waals surface area contributed by atoms with Crippen molar-refractivity contribution in [3.8, 4) is 17.5 Å². The molecule has 0 N–H and O–H groups in total. The van der Waals surface area contributed by atoms with Crippen molar-refractivity contribution in [2.24, 2.45) is 0 Å². The van der Waals surface area contributed by atoms with Gasteiger partial charge in [-0.2, -0.15) is 10.4 Å². The summed E-state index contributed by atoms with van der Waals surface area (Å²) in [4.78, 5) is 11.5. The van der Waals surface area contributed by atoms with Crippen LogP contribution in [0.4, 0.5) is 0 Å². The van der Waals surface area contributed by atoms with Gasteiger partial charge in [0.2, 0.25) is 11.1 Å². The summed E-state index contributed by atoms with van der Waals surface area (Å²) in [6.45, 7) is 4.18. The van der Waals surface area contributed by atoms with Crippen LogP contribution in [0.25, 0.3) is 5.69 Å². The lowest BCUT2D eigenvalue weighted by atomic mass is 10.2. The van der Waals surface area contributed by atoms with Crippen LogP contribution in [-0.2, 0) is 0 Å². The van der Waals surface area contributed by atoms with Crippen molar-refractivity contribution in [2.75, 3.05) is 6.61 Å². The zero-order valence-corrected chi connectivity index (χ0v) is 10.8. The number of aromatic nitrogens is 2. The van der Waals surface area contributed by atoms with Crippen LogP contribution in [-0.4, -0.2) is 16.4 Å². The Morgan fingerprint density at radius 2 is 2.16 bits per heavy atom. The molecule has 0 fully saturated rings. The monoisotopic (exact) mass is 255 g/mol. The summed E-state index contributed by atoms with van der Waals surface area (Å²) in [7, 11) is 0. The van der Waals surface area contributed by atoms with Gasteiger partial charge in [-0.1, -0.05) is 12.1 Å². The lowest BCUT2D eigenvalue weighted by Gasteiger charge is -2.13. The molecule has 0 amide bonds. The highest BCUT2D eigenvalue weighted by Crippen LogP contribution is 2.22. The first-order valence-electron chi connectivity index (χ1n) is 5.90. The van der Waals surface area contributed by atoms with Gasteiger partial charge in [-0.3, -0.25) is 4.79 Å². The number of nitrogens with zero attached hydrogens (tertiary/aromatic N) is 3. The van der Waals surface area contributed by atoms with Gasteiger partial charge in [-0.05, 0) is 26.0 Å². The molecule has 1 aromatic heterocycles. The van der Waals surface area contributed by atoms with Crippen LogP contribution in [0.5, 0.6) is 5.75 Å². The van der Waals surface area contributed by atoms with E-state index >= 15 is 0 Å². The third-order valence-corrected chi connectivity index (χ3v) is 2.61. The Labute approximate surface area is 110 Å². The Balaban J connectivity index is 2.66. The number of hydrogen-bond acceptors (Lipinski definition) is 4. The first-order valence-corrected chi connectivity index (χ1v) is 5.90. The van der Waals surface area contributed by atoms with Gasteiger partial charge < -0.3 is 4.74 Å². The van der Waals surface area contributed by atoms with Crippen molar-refractivity contribution < 1.29 is 4.74 Å². The topological polar surface area (TPSA) is 67.9 Å². The minimum atomic E-state index is -0.370. The van der Waals surface area contributed by atoms with Gasteiger partial charge in [0.05, 0.1) is 6.61 Å². The van der Waals surface area contributed by atoms with E-state index in [4.69, 9.17) is 10.00 Å². The van der Waals surface area contributed by atoms with Crippen LogP contribution in [0, 0.1) is 18.3 Å². The Bertz CT molecular complexity index is 699. The molecule has 1 heterocycles. The van der Waals surface area contributed by atoms with Gasteiger partial charge in [0.25, 0.3) is 0 Å². The van der Waals surface area contributed by atoms with Crippen molar-refractivity contribution in [3.63, 3.8) is 0 Å². The third-order valence-electron chi connectivity index (χ3n) is 2.61. The van der Waals surface area contributed by atoms with Crippen LogP contribution in [0.2, 0.25) is 0 Å². The number of hydrogen-bond donors (Lipinski definition) is 0.